The highest BCUT2D eigenvalue weighted by atomic mass is 35.5. The Bertz CT molecular complexity index is 593. The maximum Gasteiger partial charge on any atom is 0.252 e. The molecule has 0 atom stereocenters. The van der Waals surface area contributed by atoms with Crippen LogP contribution in [-0.4, -0.2) is 11.0 Å². The number of aryl methyl sites for hydroxylation is 1. The summed E-state index contributed by atoms with van der Waals surface area (Å²) in [5, 5.41) is 12.4. The highest BCUT2D eigenvalue weighted by molar-refractivity contribution is 6.30. The van der Waals surface area contributed by atoms with Gasteiger partial charge in [0.25, 0.3) is 5.69 Å². The number of rotatable bonds is 2. The van der Waals surface area contributed by atoms with Gasteiger partial charge in [0.1, 0.15) is 0 Å². The van der Waals surface area contributed by atoms with Crippen molar-refractivity contribution in [3.8, 4) is 0 Å². The van der Waals surface area contributed by atoms with Gasteiger partial charge in [0.2, 0.25) is 0 Å². The Labute approximate surface area is 110 Å². The molecule has 0 unspecified atom stereocenters. The smallest absolute Gasteiger partial charge is 0.252 e. The van der Waals surface area contributed by atoms with Gasteiger partial charge in [0.05, 0.1) is 0 Å². The molecule has 0 aliphatic rings. The zero-order valence-electron chi connectivity index (χ0n) is 9.73. The first-order valence-electron chi connectivity index (χ1n) is 5.40. The zero-order chi connectivity index (χ0) is 13.1. The topological polar surface area (TPSA) is 26.1 Å². The third-order valence-electron chi connectivity index (χ3n) is 2.55. The SMILES string of the molecule is Cc1cccc([N+]([O-])=Cc2ccc(Cl)cc2)c1F. The largest absolute Gasteiger partial charge is 0.618 e. The summed E-state index contributed by atoms with van der Waals surface area (Å²) >= 11 is 5.75. The summed E-state index contributed by atoms with van der Waals surface area (Å²) in [6.07, 6.45) is 1.31. The van der Waals surface area contributed by atoms with Crippen molar-refractivity contribution < 1.29 is 9.13 Å². The second kappa shape index (κ2) is 5.19. The molecule has 2 rings (SSSR count). The van der Waals surface area contributed by atoms with Crippen molar-refractivity contribution in [1.29, 1.82) is 0 Å². The number of hydrogen-bond donors (Lipinski definition) is 0. The highest BCUT2D eigenvalue weighted by Crippen LogP contribution is 2.19. The first-order valence-corrected chi connectivity index (χ1v) is 5.77. The molecule has 0 bridgehead atoms. The van der Waals surface area contributed by atoms with E-state index in [1.807, 2.05) is 0 Å². The molecule has 18 heavy (non-hydrogen) atoms. The van der Waals surface area contributed by atoms with Crippen LogP contribution in [-0.2, 0) is 0 Å². The van der Waals surface area contributed by atoms with Crippen molar-refractivity contribution >= 4 is 23.5 Å². The second-order valence-corrected chi connectivity index (χ2v) is 4.35. The monoisotopic (exact) mass is 263 g/mol. The molecule has 0 aliphatic carbocycles. The van der Waals surface area contributed by atoms with Gasteiger partial charge in [-0.05, 0) is 36.8 Å². The zero-order valence-corrected chi connectivity index (χ0v) is 10.5. The summed E-state index contributed by atoms with van der Waals surface area (Å²) in [7, 11) is 0. The van der Waals surface area contributed by atoms with Crippen LogP contribution >= 0.6 is 11.6 Å². The van der Waals surface area contributed by atoms with E-state index in [2.05, 4.69) is 0 Å². The van der Waals surface area contributed by atoms with Crippen LogP contribution in [0.3, 0.4) is 0 Å². The van der Waals surface area contributed by atoms with E-state index in [1.54, 1.807) is 43.3 Å². The van der Waals surface area contributed by atoms with Crippen LogP contribution in [0.2, 0.25) is 5.02 Å². The summed E-state index contributed by atoms with van der Waals surface area (Å²) in [5.41, 5.74) is 1.11. The van der Waals surface area contributed by atoms with Gasteiger partial charge in [-0.1, -0.05) is 23.7 Å². The maximum absolute atomic E-state index is 13.7. The van der Waals surface area contributed by atoms with Gasteiger partial charge in [-0.25, -0.2) is 0 Å². The minimum atomic E-state index is -0.502. The molecule has 92 valence electrons. The van der Waals surface area contributed by atoms with Gasteiger partial charge in [-0.3, -0.25) is 0 Å². The van der Waals surface area contributed by atoms with E-state index < -0.39 is 5.82 Å². The molecular weight excluding hydrogens is 253 g/mol. The fourth-order valence-corrected chi connectivity index (χ4v) is 1.68. The third kappa shape index (κ3) is 2.68. The van der Waals surface area contributed by atoms with Crippen LogP contribution in [0.4, 0.5) is 10.1 Å². The van der Waals surface area contributed by atoms with E-state index in [0.717, 1.165) is 0 Å². The molecule has 0 aromatic heterocycles. The van der Waals surface area contributed by atoms with E-state index in [9.17, 15) is 9.60 Å². The summed E-state index contributed by atoms with van der Waals surface area (Å²) in [5.74, 6) is -0.502. The van der Waals surface area contributed by atoms with Crippen LogP contribution in [0.1, 0.15) is 11.1 Å². The number of hydrogen-bond acceptors (Lipinski definition) is 1. The molecule has 0 fully saturated rings. The lowest BCUT2D eigenvalue weighted by molar-refractivity contribution is -0.357. The van der Waals surface area contributed by atoms with Crippen molar-refractivity contribution in [2.24, 2.45) is 0 Å². The third-order valence-corrected chi connectivity index (χ3v) is 2.80. The van der Waals surface area contributed by atoms with Crippen LogP contribution in [0.25, 0.3) is 0 Å². The fraction of sp³-hybridized carbons (Fsp3) is 0.0714. The van der Waals surface area contributed by atoms with Gasteiger partial charge in [-0.2, -0.15) is 9.13 Å². The predicted octanol–water partition coefficient (Wildman–Crippen LogP) is 4.05. The average molecular weight is 264 g/mol. The summed E-state index contributed by atoms with van der Waals surface area (Å²) in [6, 6.07) is 11.5. The lowest BCUT2D eigenvalue weighted by atomic mass is 10.2. The first kappa shape index (κ1) is 12.6. The van der Waals surface area contributed by atoms with Crippen molar-refractivity contribution in [1.82, 2.24) is 0 Å². The van der Waals surface area contributed by atoms with Crippen LogP contribution in [0.5, 0.6) is 0 Å². The van der Waals surface area contributed by atoms with Gasteiger partial charge in [0, 0.05) is 16.7 Å². The molecule has 2 aromatic carbocycles. The summed E-state index contributed by atoms with van der Waals surface area (Å²) in [4.78, 5) is 0. The van der Waals surface area contributed by atoms with E-state index >= 15 is 0 Å². The Morgan fingerprint density at radius 1 is 1.17 bits per heavy atom. The number of benzene rings is 2. The lowest BCUT2D eigenvalue weighted by Gasteiger charge is -2.05. The van der Waals surface area contributed by atoms with E-state index in [0.29, 0.717) is 20.9 Å². The molecule has 0 heterocycles. The van der Waals surface area contributed by atoms with Gasteiger partial charge >= 0.3 is 0 Å². The summed E-state index contributed by atoms with van der Waals surface area (Å²) in [6.45, 7) is 1.62. The Morgan fingerprint density at radius 2 is 1.83 bits per heavy atom. The second-order valence-electron chi connectivity index (χ2n) is 3.91. The molecule has 0 saturated heterocycles. The van der Waals surface area contributed by atoms with Crippen LogP contribution in [0, 0.1) is 17.9 Å². The number of nitrogens with zero attached hydrogens (tertiary/aromatic N) is 1. The molecule has 4 heteroatoms. The molecule has 2 nitrogen and oxygen atoms in total. The van der Waals surface area contributed by atoms with E-state index in [4.69, 9.17) is 11.6 Å². The highest BCUT2D eigenvalue weighted by Gasteiger charge is 2.11. The molecule has 0 N–H and O–H groups in total. The summed E-state index contributed by atoms with van der Waals surface area (Å²) < 4.78 is 14.3. The molecule has 0 radical (unpaired) electrons. The Morgan fingerprint density at radius 3 is 2.50 bits per heavy atom. The van der Waals surface area contributed by atoms with Crippen molar-refractivity contribution in [2.45, 2.75) is 6.92 Å². The van der Waals surface area contributed by atoms with Gasteiger partial charge in [0.15, 0.2) is 12.0 Å². The molecule has 0 aliphatic heterocycles. The van der Waals surface area contributed by atoms with Crippen molar-refractivity contribution in [3.63, 3.8) is 0 Å². The average Bonchev–Trinajstić information content (AvgIpc) is 2.35. The molecule has 0 amide bonds. The fourth-order valence-electron chi connectivity index (χ4n) is 1.56. The predicted molar refractivity (Wildman–Crippen MR) is 71.0 cm³/mol. The van der Waals surface area contributed by atoms with Gasteiger partial charge < -0.3 is 5.21 Å². The minimum Gasteiger partial charge on any atom is -0.618 e. The minimum absolute atomic E-state index is 0.00458. The van der Waals surface area contributed by atoms with Gasteiger partial charge in [-0.15, -0.1) is 0 Å². The Hall–Kier alpha value is -1.87. The standard InChI is InChI=1S/C14H11ClFNO/c1-10-3-2-4-13(14(10)16)17(18)9-11-5-7-12(15)8-6-11/h2-9H,1H3. The molecule has 0 saturated carbocycles. The van der Waals surface area contributed by atoms with Crippen LogP contribution < -0.4 is 0 Å². The van der Waals surface area contributed by atoms with E-state index in [-0.39, 0.29) is 5.69 Å². The molecular formula is C14H11ClFNO. The lowest BCUT2D eigenvalue weighted by Crippen LogP contribution is -2.01. The first-order chi connectivity index (χ1) is 8.58. The van der Waals surface area contributed by atoms with Crippen molar-refractivity contribution in [2.75, 3.05) is 0 Å². The molecule has 2 aromatic rings. The Kier molecular flexibility index (Phi) is 3.63. The number of halogens is 2. The quantitative estimate of drug-likeness (QED) is 0.347. The van der Waals surface area contributed by atoms with E-state index in [1.165, 1.54) is 12.3 Å². The van der Waals surface area contributed by atoms with Crippen molar-refractivity contribution in [3.05, 3.63) is 69.6 Å². The Balaban J connectivity index is 2.39. The van der Waals surface area contributed by atoms with Crippen LogP contribution in [0.15, 0.2) is 42.5 Å². The molecule has 0 spiro atoms. The normalized spacial score (nSPS) is 11.6. The maximum atomic E-state index is 13.7.